The van der Waals surface area contributed by atoms with Gasteiger partial charge in [-0.2, -0.15) is 10.2 Å². The Labute approximate surface area is 205 Å². The summed E-state index contributed by atoms with van der Waals surface area (Å²) in [7, 11) is 0. The molecular weight excluding hydrogens is 440 g/mol. The van der Waals surface area contributed by atoms with Gasteiger partial charge in [-0.15, -0.1) is 0 Å². The van der Waals surface area contributed by atoms with Crippen molar-refractivity contribution in [3.05, 3.63) is 94.6 Å². The normalized spacial score (nSPS) is 11.8. The first-order valence-electron chi connectivity index (χ1n) is 11.6. The van der Waals surface area contributed by atoms with E-state index in [1.807, 2.05) is 75.7 Å². The Bertz CT molecular complexity index is 1370. The summed E-state index contributed by atoms with van der Waals surface area (Å²) in [5.41, 5.74) is 6.63. The van der Waals surface area contributed by atoms with Gasteiger partial charge in [0.05, 0.1) is 36.0 Å². The Balaban J connectivity index is 1.37. The van der Waals surface area contributed by atoms with Crippen LogP contribution in [0.2, 0.25) is 0 Å². The zero-order chi connectivity index (χ0) is 25.1. The van der Waals surface area contributed by atoms with Crippen molar-refractivity contribution in [2.45, 2.75) is 47.2 Å². The van der Waals surface area contributed by atoms with Gasteiger partial charge in [-0.3, -0.25) is 14.3 Å². The monoisotopic (exact) mass is 470 g/mol. The van der Waals surface area contributed by atoms with Crippen molar-refractivity contribution in [1.82, 2.24) is 24.9 Å². The van der Waals surface area contributed by atoms with Crippen molar-refractivity contribution in [2.24, 2.45) is 0 Å². The maximum absolute atomic E-state index is 12.7. The minimum Gasteiger partial charge on any atom is -0.348 e. The first-order chi connectivity index (χ1) is 16.7. The topological polar surface area (TPSA) is 93.8 Å². The van der Waals surface area contributed by atoms with E-state index in [0.717, 1.165) is 28.2 Å². The van der Waals surface area contributed by atoms with Crippen LogP contribution in [0.4, 0.5) is 5.69 Å². The average Bonchev–Trinajstić information content (AvgIpc) is 3.39. The predicted octanol–water partition coefficient (Wildman–Crippen LogP) is 4.37. The highest BCUT2D eigenvalue weighted by atomic mass is 16.2. The summed E-state index contributed by atoms with van der Waals surface area (Å²) in [5.74, 6) is -0.323. The second kappa shape index (κ2) is 9.97. The molecule has 0 fully saturated rings. The molecule has 0 unspecified atom stereocenters. The summed E-state index contributed by atoms with van der Waals surface area (Å²) < 4.78 is 3.56. The second-order valence-electron chi connectivity index (χ2n) is 8.98. The maximum atomic E-state index is 12.7. The van der Waals surface area contributed by atoms with Gasteiger partial charge in [0.25, 0.3) is 11.8 Å². The van der Waals surface area contributed by atoms with Crippen LogP contribution >= 0.6 is 0 Å². The lowest BCUT2D eigenvalue weighted by atomic mass is 10.1. The highest BCUT2D eigenvalue weighted by Gasteiger charge is 2.14. The third-order valence-electron chi connectivity index (χ3n) is 5.79. The molecule has 2 heterocycles. The number of anilines is 1. The van der Waals surface area contributed by atoms with Gasteiger partial charge >= 0.3 is 0 Å². The molecule has 2 aromatic heterocycles. The smallest absolute Gasteiger partial charge is 0.256 e. The average molecular weight is 471 g/mol. The van der Waals surface area contributed by atoms with E-state index < -0.39 is 0 Å². The van der Waals surface area contributed by atoms with Crippen LogP contribution < -0.4 is 10.6 Å². The number of hydrogen-bond acceptors (Lipinski definition) is 4. The van der Waals surface area contributed by atoms with Crippen LogP contribution in [0, 0.1) is 27.7 Å². The fraction of sp³-hybridized carbons (Fsp3) is 0.259. The molecule has 4 aromatic rings. The first-order valence-corrected chi connectivity index (χ1v) is 11.6. The Hall–Kier alpha value is -4.20. The summed E-state index contributed by atoms with van der Waals surface area (Å²) in [5, 5.41) is 14.7. The van der Waals surface area contributed by atoms with Gasteiger partial charge in [0.2, 0.25) is 0 Å². The lowest BCUT2D eigenvalue weighted by Gasteiger charge is -2.15. The number of rotatable bonds is 7. The maximum Gasteiger partial charge on any atom is 0.256 e. The van der Waals surface area contributed by atoms with Crippen molar-refractivity contribution >= 4 is 17.5 Å². The number of aromatic nitrogens is 4. The largest absolute Gasteiger partial charge is 0.348 e. The molecule has 4 rings (SSSR count). The van der Waals surface area contributed by atoms with Crippen LogP contribution in [0.3, 0.4) is 0 Å². The molecule has 2 amide bonds. The standard InChI is InChI=1S/C27H30N6O2/c1-17-6-11-25(18(2)12-17)27(35)30-23-14-28-33(16-23)24-9-7-22(8-10-24)26(34)29-20(4)15-32-21(5)13-19(3)31-32/h6-14,16,20H,15H2,1-5H3,(H,29,34)(H,30,35)/t20-/m0/s1. The number of amides is 2. The summed E-state index contributed by atoms with van der Waals surface area (Å²) >= 11 is 0. The van der Waals surface area contributed by atoms with Crippen LogP contribution in [0.1, 0.15) is 50.2 Å². The molecular formula is C27H30N6O2. The van der Waals surface area contributed by atoms with E-state index >= 15 is 0 Å². The highest BCUT2D eigenvalue weighted by molar-refractivity contribution is 6.05. The zero-order valence-corrected chi connectivity index (χ0v) is 20.7. The molecule has 0 spiro atoms. The lowest BCUT2D eigenvalue weighted by Crippen LogP contribution is -2.36. The molecule has 8 heteroatoms. The third-order valence-corrected chi connectivity index (χ3v) is 5.79. The van der Waals surface area contributed by atoms with Crippen LogP contribution in [-0.2, 0) is 6.54 Å². The molecule has 35 heavy (non-hydrogen) atoms. The van der Waals surface area contributed by atoms with Gasteiger partial charge in [-0.1, -0.05) is 17.7 Å². The molecule has 0 aliphatic carbocycles. The second-order valence-corrected chi connectivity index (χ2v) is 8.98. The van der Waals surface area contributed by atoms with Gasteiger partial charge in [0.1, 0.15) is 0 Å². The molecule has 0 saturated heterocycles. The summed E-state index contributed by atoms with van der Waals surface area (Å²) in [4.78, 5) is 25.3. The van der Waals surface area contributed by atoms with Gasteiger partial charge < -0.3 is 10.6 Å². The highest BCUT2D eigenvalue weighted by Crippen LogP contribution is 2.16. The van der Waals surface area contributed by atoms with Crippen LogP contribution in [0.15, 0.2) is 60.9 Å². The number of nitrogens with zero attached hydrogens (tertiary/aromatic N) is 4. The quantitative estimate of drug-likeness (QED) is 0.419. The summed E-state index contributed by atoms with van der Waals surface area (Å²) in [6, 6.07) is 14.8. The molecule has 0 aliphatic heterocycles. The third kappa shape index (κ3) is 5.66. The number of carbonyl (C=O) groups excluding carboxylic acids is 2. The first kappa shape index (κ1) is 23.9. The predicted molar refractivity (Wildman–Crippen MR) is 136 cm³/mol. The fourth-order valence-corrected chi connectivity index (χ4v) is 4.03. The molecule has 2 aromatic carbocycles. The van der Waals surface area contributed by atoms with E-state index in [1.165, 1.54) is 0 Å². The van der Waals surface area contributed by atoms with Crippen LogP contribution in [0.5, 0.6) is 0 Å². The Kier molecular flexibility index (Phi) is 6.82. The van der Waals surface area contributed by atoms with E-state index in [9.17, 15) is 9.59 Å². The lowest BCUT2D eigenvalue weighted by molar-refractivity contribution is 0.0935. The van der Waals surface area contributed by atoms with Crippen molar-refractivity contribution in [2.75, 3.05) is 5.32 Å². The Morgan fingerprint density at radius 2 is 1.71 bits per heavy atom. The molecule has 2 N–H and O–H groups in total. The van der Waals surface area contributed by atoms with Gasteiger partial charge in [0.15, 0.2) is 0 Å². The van der Waals surface area contributed by atoms with Crippen molar-refractivity contribution in [1.29, 1.82) is 0 Å². The minimum absolute atomic E-state index is 0.0744. The number of hydrogen-bond donors (Lipinski definition) is 2. The number of benzene rings is 2. The molecule has 0 bridgehead atoms. The van der Waals surface area contributed by atoms with E-state index in [4.69, 9.17) is 0 Å². The summed E-state index contributed by atoms with van der Waals surface area (Å²) in [6.07, 6.45) is 3.34. The van der Waals surface area contributed by atoms with E-state index in [2.05, 4.69) is 20.8 Å². The fourth-order valence-electron chi connectivity index (χ4n) is 4.03. The summed E-state index contributed by atoms with van der Waals surface area (Å²) in [6.45, 7) is 10.4. The van der Waals surface area contributed by atoms with E-state index in [0.29, 0.717) is 23.4 Å². The molecule has 180 valence electrons. The Morgan fingerprint density at radius 1 is 0.971 bits per heavy atom. The van der Waals surface area contributed by atoms with Crippen LogP contribution in [-0.4, -0.2) is 37.4 Å². The van der Waals surface area contributed by atoms with Crippen molar-refractivity contribution in [3.8, 4) is 5.69 Å². The van der Waals surface area contributed by atoms with Gasteiger partial charge in [-0.05, 0) is 76.6 Å². The van der Waals surface area contributed by atoms with Gasteiger partial charge in [-0.25, -0.2) is 4.68 Å². The van der Waals surface area contributed by atoms with Crippen molar-refractivity contribution in [3.63, 3.8) is 0 Å². The zero-order valence-electron chi connectivity index (χ0n) is 20.7. The van der Waals surface area contributed by atoms with Crippen molar-refractivity contribution < 1.29 is 9.59 Å². The number of nitrogens with one attached hydrogen (secondary N) is 2. The molecule has 0 radical (unpaired) electrons. The van der Waals surface area contributed by atoms with E-state index in [-0.39, 0.29) is 17.9 Å². The Morgan fingerprint density at radius 3 is 2.37 bits per heavy atom. The number of aryl methyl sites for hydroxylation is 4. The van der Waals surface area contributed by atoms with Crippen LogP contribution in [0.25, 0.3) is 5.69 Å². The SMILES string of the molecule is Cc1ccc(C(=O)Nc2cnn(-c3ccc(C(=O)N[C@@H](C)Cn4nc(C)cc4C)cc3)c2)c(C)c1. The molecule has 0 aliphatic rings. The number of carbonyl (C=O) groups is 2. The minimum atomic E-state index is -0.177. The van der Waals surface area contributed by atoms with Gasteiger partial charge in [0, 0.05) is 22.9 Å². The molecule has 8 nitrogen and oxygen atoms in total. The molecule has 0 saturated carbocycles. The molecule has 1 atom stereocenters. The van der Waals surface area contributed by atoms with E-state index in [1.54, 1.807) is 29.2 Å².